The van der Waals surface area contributed by atoms with Crippen LogP contribution in [-0.2, 0) is 19.1 Å². The Morgan fingerprint density at radius 1 is 0.575 bits per heavy atom. The standard InChI is InChI=1S/C34H68N2O4/c1-4-7-16-24-32(23-9-6-3)40-34(38)26-18-13-11-15-20-29-36(30-22-27-35)28-19-14-10-12-17-25-33(37)39-31-21-8-5-2/h32H,4-31,35H2,1-3H3. The van der Waals surface area contributed by atoms with Crippen LogP contribution in [0.15, 0.2) is 0 Å². The van der Waals surface area contributed by atoms with Crippen LogP contribution in [0, 0.1) is 0 Å². The third kappa shape index (κ3) is 27.1. The molecule has 0 aromatic carbocycles. The van der Waals surface area contributed by atoms with Crippen molar-refractivity contribution in [2.75, 3.05) is 32.8 Å². The topological polar surface area (TPSA) is 81.9 Å². The Labute approximate surface area is 248 Å². The molecule has 0 spiro atoms. The molecule has 0 aromatic rings. The van der Waals surface area contributed by atoms with Crippen molar-refractivity contribution in [1.82, 2.24) is 4.90 Å². The molecule has 0 aliphatic heterocycles. The van der Waals surface area contributed by atoms with Gasteiger partial charge in [0.25, 0.3) is 0 Å². The number of unbranched alkanes of at least 4 members (excludes halogenated alkanes) is 13. The van der Waals surface area contributed by atoms with Crippen molar-refractivity contribution in [3.05, 3.63) is 0 Å². The maximum atomic E-state index is 12.3. The van der Waals surface area contributed by atoms with E-state index in [0.717, 1.165) is 110 Å². The van der Waals surface area contributed by atoms with Gasteiger partial charge in [-0.1, -0.05) is 97.8 Å². The molecule has 0 amide bonds. The third-order valence-electron chi connectivity index (χ3n) is 7.71. The molecule has 0 rings (SSSR count). The average molecular weight is 569 g/mol. The second-order valence-corrected chi connectivity index (χ2v) is 11.7. The molecule has 0 aromatic heterocycles. The van der Waals surface area contributed by atoms with E-state index in [9.17, 15) is 9.59 Å². The van der Waals surface area contributed by atoms with Crippen LogP contribution in [0.2, 0.25) is 0 Å². The van der Waals surface area contributed by atoms with Crippen LogP contribution >= 0.6 is 0 Å². The number of hydrogen-bond acceptors (Lipinski definition) is 6. The molecule has 0 saturated carbocycles. The van der Waals surface area contributed by atoms with E-state index in [-0.39, 0.29) is 18.0 Å². The molecule has 0 heterocycles. The highest BCUT2D eigenvalue weighted by Crippen LogP contribution is 2.16. The van der Waals surface area contributed by atoms with Crippen LogP contribution in [0.1, 0.15) is 168 Å². The van der Waals surface area contributed by atoms with Gasteiger partial charge in [0.1, 0.15) is 6.10 Å². The van der Waals surface area contributed by atoms with Gasteiger partial charge in [0.2, 0.25) is 0 Å². The first kappa shape index (κ1) is 38.9. The number of nitrogens with two attached hydrogens (primary N) is 1. The minimum atomic E-state index is -0.0298. The van der Waals surface area contributed by atoms with Crippen molar-refractivity contribution in [2.45, 2.75) is 175 Å². The summed E-state index contributed by atoms with van der Waals surface area (Å²) in [7, 11) is 0. The Kier molecular flexibility index (Phi) is 29.9. The zero-order valence-electron chi connectivity index (χ0n) is 27.0. The van der Waals surface area contributed by atoms with E-state index < -0.39 is 0 Å². The largest absolute Gasteiger partial charge is 0.466 e. The quantitative estimate of drug-likeness (QED) is 0.0665. The molecule has 1 unspecified atom stereocenters. The number of esters is 2. The SMILES string of the molecule is CCCCCOC(=O)CCCCCCCN(CCCN)CCCCCCCC(=O)OC(CCCC)CCCCC. The van der Waals surface area contributed by atoms with Gasteiger partial charge < -0.3 is 20.1 Å². The zero-order chi connectivity index (χ0) is 29.5. The van der Waals surface area contributed by atoms with Gasteiger partial charge >= 0.3 is 11.9 Å². The van der Waals surface area contributed by atoms with Gasteiger partial charge in [-0.2, -0.15) is 0 Å². The summed E-state index contributed by atoms with van der Waals surface area (Å²) in [5.41, 5.74) is 5.77. The van der Waals surface area contributed by atoms with Gasteiger partial charge in [-0.15, -0.1) is 0 Å². The summed E-state index contributed by atoms with van der Waals surface area (Å²) in [6.07, 6.45) is 24.9. The fraction of sp³-hybridized carbons (Fsp3) is 0.941. The van der Waals surface area contributed by atoms with E-state index in [1.165, 1.54) is 51.4 Å². The molecule has 6 nitrogen and oxygen atoms in total. The second kappa shape index (κ2) is 30.8. The van der Waals surface area contributed by atoms with Crippen LogP contribution in [0.5, 0.6) is 0 Å². The predicted octanol–water partition coefficient (Wildman–Crippen LogP) is 8.73. The smallest absolute Gasteiger partial charge is 0.306 e. The first-order valence-electron chi connectivity index (χ1n) is 17.3. The minimum Gasteiger partial charge on any atom is -0.466 e. The van der Waals surface area contributed by atoms with Gasteiger partial charge in [0, 0.05) is 12.8 Å². The third-order valence-corrected chi connectivity index (χ3v) is 7.71. The summed E-state index contributed by atoms with van der Waals surface area (Å²) in [4.78, 5) is 26.7. The first-order chi connectivity index (χ1) is 19.6. The van der Waals surface area contributed by atoms with E-state index >= 15 is 0 Å². The molecule has 0 aliphatic carbocycles. The van der Waals surface area contributed by atoms with E-state index in [2.05, 4.69) is 25.7 Å². The zero-order valence-corrected chi connectivity index (χ0v) is 27.0. The number of carbonyl (C=O) groups is 2. The van der Waals surface area contributed by atoms with Gasteiger partial charge in [-0.3, -0.25) is 9.59 Å². The van der Waals surface area contributed by atoms with Gasteiger partial charge in [-0.25, -0.2) is 0 Å². The number of hydrogen-bond donors (Lipinski definition) is 1. The Morgan fingerprint density at radius 2 is 1.07 bits per heavy atom. The molecule has 0 saturated heterocycles. The molecular formula is C34H68N2O4. The fourth-order valence-corrected chi connectivity index (χ4v) is 5.09. The first-order valence-corrected chi connectivity index (χ1v) is 17.3. The lowest BCUT2D eigenvalue weighted by Crippen LogP contribution is -2.28. The lowest BCUT2D eigenvalue weighted by molar-refractivity contribution is -0.150. The molecule has 0 bridgehead atoms. The van der Waals surface area contributed by atoms with Crippen LogP contribution in [0.4, 0.5) is 0 Å². The normalized spacial score (nSPS) is 12.1. The van der Waals surface area contributed by atoms with Crippen molar-refractivity contribution in [1.29, 1.82) is 0 Å². The Hall–Kier alpha value is -1.14. The second-order valence-electron chi connectivity index (χ2n) is 11.7. The molecule has 40 heavy (non-hydrogen) atoms. The predicted molar refractivity (Wildman–Crippen MR) is 170 cm³/mol. The summed E-state index contributed by atoms with van der Waals surface area (Å²) in [6.45, 7) is 11.3. The monoisotopic (exact) mass is 569 g/mol. The minimum absolute atomic E-state index is 0.00732. The lowest BCUT2D eigenvalue weighted by atomic mass is 10.1. The molecule has 0 fully saturated rings. The van der Waals surface area contributed by atoms with Crippen molar-refractivity contribution >= 4 is 11.9 Å². The molecule has 1 atom stereocenters. The highest BCUT2D eigenvalue weighted by Gasteiger charge is 2.13. The number of carbonyl (C=O) groups excluding carboxylic acids is 2. The maximum absolute atomic E-state index is 12.3. The number of nitrogens with zero attached hydrogens (tertiary/aromatic N) is 1. The van der Waals surface area contributed by atoms with E-state index in [1.54, 1.807) is 0 Å². The van der Waals surface area contributed by atoms with E-state index in [4.69, 9.17) is 15.2 Å². The van der Waals surface area contributed by atoms with Crippen LogP contribution in [-0.4, -0.2) is 55.7 Å². The molecule has 0 aliphatic rings. The van der Waals surface area contributed by atoms with Gasteiger partial charge in [0.15, 0.2) is 0 Å². The van der Waals surface area contributed by atoms with Crippen molar-refractivity contribution in [3.63, 3.8) is 0 Å². The van der Waals surface area contributed by atoms with Crippen molar-refractivity contribution in [3.8, 4) is 0 Å². The Morgan fingerprint density at radius 3 is 1.68 bits per heavy atom. The molecule has 2 N–H and O–H groups in total. The van der Waals surface area contributed by atoms with Crippen molar-refractivity contribution < 1.29 is 19.1 Å². The summed E-state index contributed by atoms with van der Waals surface area (Å²) >= 11 is 0. The molecular weight excluding hydrogens is 500 g/mol. The van der Waals surface area contributed by atoms with Crippen LogP contribution in [0.3, 0.4) is 0 Å². The molecule has 0 radical (unpaired) electrons. The summed E-state index contributed by atoms with van der Waals surface area (Å²) < 4.78 is 11.1. The highest BCUT2D eigenvalue weighted by atomic mass is 16.5. The fourth-order valence-electron chi connectivity index (χ4n) is 5.09. The number of ether oxygens (including phenoxy) is 2. The summed E-state index contributed by atoms with van der Waals surface area (Å²) in [5, 5.41) is 0. The maximum Gasteiger partial charge on any atom is 0.306 e. The highest BCUT2D eigenvalue weighted by molar-refractivity contribution is 5.69. The Balaban J connectivity index is 3.88. The van der Waals surface area contributed by atoms with E-state index in [1.807, 2.05) is 0 Å². The summed E-state index contributed by atoms with van der Waals surface area (Å²) in [5.74, 6) is -0.0225. The van der Waals surface area contributed by atoms with Crippen molar-refractivity contribution in [2.24, 2.45) is 5.73 Å². The Bertz CT molecular complexity index is 558. The number of rotatable bonds is 31. The van der Waals surface area contributed by atoms with Crippen LogP contribution < -0.4 is 5.73 Å². The van der Waals surface area contributed by atoms with Gasteiger partial charge in [-0.05, 0) is 84.0 Å². The van der Waals surface area contributed by atoms with E-state index in [0.29, 0.717) is 19.4 Å². The average Bonchev–Trinajstić information content (AvgIpc) is 2.95. The molecule has 6 heteroatoms. The summed E-state index contributed by atoms with van der Waals surface area (Å²) in [6, 6.07) is 0. The lowest BCUT2D eigenvalue weighted by Gasteiger charge is -2.22. The van der Waals surface area contributed by atoms with Crippen LogP contribution in [0.25, 0.3) is 0 Å². The molecule has 238 valence electrons. The van der Waals surface area contributed by atoms with Gasteiger partial charge in [0.05, 0.1) is 6.61 Å².